The van der Waals surface area contributed by atoms with Gasteiger partial charge in [0.05, 0.1) is 6.04 Å². The number of nitrogens with two attached hydrogens (primary N) is 1. The van der Waals surface area contributed by atoms with Crippen LogP contribution in [-0.4, -0.2) is 0 Å². The van der Waals surface area contributed by atoms with Crippen molar-refractivity contribution in [3.63, 3.8) is 0 Å². The van der Waals surface area contributed by atoms with E-state index >= 15 is 0 Å². The lowest BCUT2D eigenvalue weighted by molar-refractivity contribution is 0.595. The SMILES string of the molecule is Cc1cc(C)c(C(N)c2cc(Br)ccc2C)c(F)c1. The summed E-state index contributed by atoms with van der Waals surface area (Å²) in [6.45, 7) is 5.78. The largest absolute Gasteiger partial charge is 0.320 e. The molecule has 19 heavy (non-hydrogen) atoms. The third-order valence-corrected chi connectivity index (χ3v) is 3.86. The second-order valence-corrected chi connectivity index (χ2v) is 5.87. The van der Waals surface area contributed by atoms with Crippen LogP contribution in [0, 0.1) is 26.6 Å². The number of halogens is 2. The van der Waals surface area contributed by atoms with E-state index < -0.39 is 6.04 Å². The van der Waals surface area contributed by atoms with Gasteiger partial charge in [-0.15, -0.1) is 0 Å². The Balaban J connectivity index is 2.56. The minimum Gasteiger partial charge on any atom is -0.320 e. The molecule has 0 heterocycles. The van der Waals surface area contributed by atoms with Crippen LogP contribution in [0.3, 0.4) is 0 Å². The summed E-state index contributed by atoms with van der Waals surface area (Å²) in [4.78, 5) is 0. The van der Waals surface area contributed by atoms with Gasteiger partial charge in [-0.1, -0.05) is 28.1 Å². The van der Waals surface area contributed by atoms with Crippen molar-refractivity contribution >= 4 is 15.9 Å². The Hall–Kier alpha value is -1.19. The van der Waals surface area contributed by atoms with E-state index in [0.717, 1.165) is 26.7 Å². The Kier molecular flexibility index (Phi) is 4.07. The lowest BCUT2D eigenvalue weighted by atomic mass is 9.91. The van der Waals surface area contributed by atoms with Crippen LogP contribution in [0.4, 0.5) is 4.39 Å². The van der Waals surface area contributed by atoms with Crippen LogP contribution in [0.2, 0.25) is 0 Å². The normalized spacial score (nSPS) is 12.5. The van der Waals surface area contributed by atoms with Gasteiger partial charge in [0.15, 0.2) is 0 Å². The first-order valence-electron chi connectivity index (χ1n) is 6.18. The molecule has 1 nitrogen and oxygen atoms in total. The maximum Gasteiger partial charge on any atom is 0.128 e. The zero-order valence-corrected chi connectivity index (χ0v) is 12.9. The molecule has 0 aromatic heterocycles. The molecular formula is C16H17BrFN. The van der Waals surface area contributed by atoms with E-state index in [-0.39, 0.29) is 5.82 Å². The molecule has 1 unspecified atom stereocenters. The minimum atomic E-state index is -0.446. The van der Waals surface area contributed by atoms with Gasteiger partial charge in [-0.2, -0.15) is 0 Å². The summed E-state index contributed by atoms with van der Waals surface area (Å²) in [5.74, 6) is -0.232. The smallest absolute Gasteiger partial charge is 0.128 e. The van der Waals surface area contributed by atoms with Crippen molar-refractivity contribution in [2.75, 3.05) is 0 Å². The fraction of sp³-hybridized carbons (Fsp3) is 0.250. The number of hydrogen-bond acceptors (Lipinski definition) is 1. The van der Waals surface area contributed by atoms with Crippen molar-refractivity contribution in [1.29, 1.82) is 0 Å². The summed E-state index contributed by atoms with van der Waals surface area (Å²) < 4.78 is 15.1. The van der Waals surface area contributed by atoms with Gasteiger partial charge >= 0.3 is 0 Å². The third kappa shape index (κ3) is 2.88. The standard InChI is InChI=1S/C16H17BrFN/c1-9-6-11(3)15(14(18)7-9)16(19)13-8-12(17)5-4-10(13)2/h4-8,16H,19H2,1-3H3. The first kappa shape index (κ1) is 14.2. The Labute approximate surface area is 121 Å². The summed E-state index contributed by atoms with van der Waals surface area (Å²) in [5.41, 5.74) is 10.7. The van der Waals surface area contributed by atoms with Gasteiger partial charge in [0.25, 0.3) is 0 Å². The van der Waals surface area contributed by atoms with Crippen molar-refractivity contribution < 1.29 is 4.39 Å². The zero-order valence-electron chi connectivity index (χ0n) is 11.3. The minimum absolute atomic E-state index is 0.232. The van der Waals surface area contributed by atoms with Gasteiger partial charge in [0.1, 0.15) is 5.82 Å². The van der Waals surface area contributed by atoms with E-state index in [1.165, 1.54) is 6.07 Å². The molecule has 0 fully saturated rings. The average Bonchev–Trinajstić information content (AvgIpc) is 2.30. The fourth-order valence-electron chi connectivity index (χ4n) is 2.42. The molecule has 2 aromatic carbocycles. The highest BCUT2D eigenvalue weighted by Gasteiger charge is 2.18. The fourth-order valence-corrected chi connectivity index (χ4v) is 2.80. The van der Waals surface area contributed by atoms with E-state index in [2.05, 4.69) is 15.9 Å². The van der Waals surface area contributed by atoms with E-state index in [1.807, 2.05) is 45.0 Å². The molecule has 0 aliphatic carbocycles. The quantitative estimate of drug-likeness (QED) is 0.862. The van der Waals surface area contributed by atoms with Crippen molar-refractivity contribution in [1.82, 2.24) is 0 Å². The molecule has 3 heteroatoms. The molecule has 0 aliphatic heterocycles. The number of aryl methyl sites for hydroxylation is 3. The molecule has 2 rings (SSSR count). The molecule has 0 amide bonds. The average molecular weight is 322 g/mol. The summed E-state index contributed by atoms with van der Waals surface area (Å²) in [7, 11) is 0. The van der Waals surface area contributed by atoms with Crippen molar-refractivity contribution in [3.05, 3.63) is 68.4 Å². The highest BCUT2D eigenvalue weighted by Crippen LogP contribution is 2.30. The van der Waals surface area contributed by atoms with Gasteiger partial charge in [-0.05, 0) is 61.2 Å². The van der Waals surface area contributed by atoms with Crippen LogP contribution in [0.15, 0.2) is 34.8 Å². The van der Waals surface area contributed by atoms with Crippen molar-refractivity contribution in [3.8, 4) is 0 Å². The molecule has 1 atom stereocenters. The van der Waals surface area contributed by atoms with E-state index in [9.17, 15) is 4.39 Å². The molecule has 0 bridgehead atoms. The summed E-state index contributed by atoms with van der Waals surface area (Å²) >= 11 is 3.44. The van der Waals surface area contributed by atoms with Crippen LogP contribution in [-0.2, 0) is 0 Å². The van der Waals surface area contributed by atoms with Crippen LogP contribution >= 0.6 is 15.9 Å². The van der Waals surface area contributed by atoms with Crippen LogP contribution in [0.1, 0.15) is 33.9 Å². The first-order chi connectivity index (χ1) is 8.90. The maximum atomic E-state index is 14.2. The van der Waals surface area contributed by atoms with E-state index in [1.54, 1.807) is 0 Å². The molecule has 0 saturated heterocycles. The van der Waals surface area contributed by atoms with Gasteiger partial charge in [0.2, 0.25) is 0 Å². The van der Waals surface area contributed by atoms with Crippen molar-refractivity contribution in [2.45, 2.75) is 26.8 Å². The Bertz CT molecular complexity index is 599. The molecule has 0 spiro atoms. The molecule has 2 aromatic rings. The van der Waals surface area contributed by atoms with E-state index in [0.29, 0.717) is 5.56 Å². The summed E-state index contributed by atoms with van der Waals surface area (Å²) in [5, 5.41) is 0. The maximum absolute atomic E-state index is 14.2. The molecule has 0 saturated carbocycles. The number of hydrogen-bond donors (Lipinski definition) is 1. The predicted molar refractivity (Wildman–Crippen MR) is 80.8 cm³/mol. The molecule has 0 aliphatic rings. The summed E-state index contributed by atoms with van der Waals surface area (Å²) in [6, 6.07) is 8.96. The molecular weight excluding hydrogens is 305 g/mol. The lowest BCUT2D eigenvalue weighted by Crippen LogP contribution is -2.16. The zero-order chi connectivity index (χ0) is 14.2. The molecule has 0 radical (unpaired) electrons. The van der Waals surface area contributed by atoms with Crippen molar-refractivity contribution in [2.24, 2.45) is 5.73 Å². The van der Waals surface area contributed by atoms with Gasteiger partial charge in [-0.3, -0.25) is 0 Å². The molecule has 100 valence electrons. The van der Waals surface area contributed by atoms with Crippen LogP contribution in [0.25, 0.3) is 0 Å². The Morgan fingerprint density at radius 2 is 1.74 bits per heavy atom. The van der Waals surface area contributed by atoms with Gasteiger partial charge in [-0.25, -0.2) is 4.39 Å². The van der Waals surface area contributed by atoms with Crippen LogP contribution < -0.4 is 5.73 Å². The molecule has 2 N–H and O–H groups in total. The predicted octanol–water partition coefficient (Wildman–Crippen LogP) is 4.56. The number of rotatable bonds is 2. The van der Waals surface area contributed by atoms with Gasteiger partial charge < -0.3 is 5.73 Å². The van der Waals surface area contributed by atoms with E-state index in [4.69, 9.17) is 5.73 Å². The summed E-state index contributed by atoms with van der Waals surface area (Å²) in [6.07, 6.45) is 0. The monoisotopic (exact) mass is 321 g/mol. The Morgan fingerprint density at radius 3 is 2.37 bits per heavy atom. The second kappa shape index (κ2) is 5.43. The van der Waals surface area contributed by atoms with Crippen LogP contribution in [0.5, 0.6) is 0 Å². The highest BCUT2D eigenvalue weighted by molar-refractivity contribution is 9.10. The second-order valence-electron chi connectivity index (χ2n) is 4.96. The number of benzene rings is 2. The topological polar surface area (TPSA) is 26.0 Å². The Morgan fingerprint density at radius 1 is 1.05 bits per heavy atom. The van der Waals surface area contributed by atoms with Gasteiger partial charge in [0, 0.05) is 10.0 Å². The lowest BCUT2D eigenvalue weighted by Gasteiger charge is -2.19. The highest BCUT2D eigenvalue weighted by atomic mass is 79.9. The first-order valence-corrected chi connectivity index (χ1v) is 6.97. The third-order valence-electron chi connectivity index (χ3n) is 3.37.